The molecule has 0 radical (unpaired) electrons. The summed E-state index contributed by atoms with van der Waals surface area (Å²) in [6.45, 7) is 1.79. The highest BCUT2D eigenvalue weighted by Crippen LogP contribution is 2.24. The quantitative estimate of drug-likeness (QED) is 0.901. The normalized spacial score (nSPS) is 11.6. The van der Waals surface area contributed by atoms with E-state index in [0.29, 0.717) is 0 Å². The van der Waals surface area contributed by atoms with Crippen LogP contribution in [0, 0.1) is 6.92 Å². The van der Waals surface area contributed by atoms with Crippen LogP contribution in [0.25, 0.3) is 11.0 Å². The first kappa shape index (κ1) is 11.6. The van der Waals surface area contributed by atoms with E-state index in [0.717, 1.165) is 21.1 Å². The standard InChI is InChI=1S/C11H13BrN2O2/c1-7-4-14(9(5-15)6-16)11-10(7)2-8(12)3-13-11/h2-4,9,15-16H,5-6H2,1H3. The molecule has 86 valence electrons. The lowest BCUT2D eigenvalue weighted by atomic mass is 10.2. The largest absolute Gasteiger partial charge is 0.394 e. The monoisotopic (exact) mass is 284 g/mol. The Labute approximate surface area is 102 Å². The van der Waals surface area contributed by atoms with Crippen LogP contribution in [0.4, 0.5) is 0 Å². The number of aliphatic hydroxyl groups is 2. The van der Waals surface area contributed by atoms with Gasteiger partial charge in [-0.05, 0) is 34.5 Å². The van der Waals surface area contributed by atoms with Crippen molar-refractivity contribution >= 4 is 27.0 Å². The van der Waals surface area contributed by atoms with Crippen LogP contribution >= 0.6 is 15.9 Å². The lowest BCUT2D eigenvalue weighted by Gasteiger charge is -2.13. The van der Waals surface area contributed by atoms with Gasteiger partial charge in [0.15, 0.2) is 0 Å². The lowest BCUT2D eigenvalue weighted by molar-refractivity contribution is 0.157. The molecule has 0 aliphatic carbocycles. The summed E-state index contributed by atoms with van der Waals surface area (Å²) in [6.07, 6.45) is 3.62. The molecular weight excluding hydrogens is 272 g/mol. The van der Waals surface area contributed by atoms with E-state index in [-0.39, 0.29) is 19.3 Å². The van der Waals surface area contributed by atoms with Crippen LogP contribution in [0.15, 0.2) is 22.9 Å². The number of hydrogen-bond donors (Lipinski definition) is 2. The number of rotatable bonds is 3. The van der Waals surface area contributed by atoms with Gasteiger partial charge in [0.2, 0.25) is 0 Å². The Morgan fingerprint density at radius 1 is 1.44 bits per heavy atom. The van der Waals surface area contributed by atoms with Gasteiger partial charge in [0.1, 0.15) is 5.65 Å². The zero-order chi connectivity index (χ0) is 11.7. The average molecular weight is 285 g/mol. The molecule has 0 aliphatic rings. The van der Waals surface area contributed by atoms with Gasteiger partial charge in [0.25, 0.3) is 0 Å². The molecule has 0 saturated heterocycles. The van der Waals surface area contributed by atoms with Crippen molar-refractivity contribution in [1.29, 1.82) is 0 Å². The third kappa shape index (κ3) is 1.86. The third-order valence-corrected chi connectivity index (χ3v) is 3.08. The highest BCUT2D eigenvalue weighted by Gasteiger charge is 2.14. The van der Waals surface area contributed by atoms with E-state index in [4.69, 9.17) is 0 Å². The molecule has 0 spiro atoms. The lowest BCUT2D eigenvalue weighted by Crippen LogP contribution is -2.16. The number of hydrogen-bond acceptors (Lipinski definition) is 3. The van der Waals surface area contributed by atoms with Crippen LogP contribution in [-0.2, 0) is 0 Å². The average Bonchev–Trinajstić information content (AvgIpc) is 2.58. The minimum Gasteiger partial charge on any atom is -0.394 e. The molecule has 2 heterocycles. The molecular formula is C11H13BrN2O2. The SMILES string of the molecule is Cc1cn(C(CO)CO)c2ncc(Br)cc12. The molecule has 0 atom stereocenters. The maximum Gasteiger partial charge on any atom is 0.140 e. The van der Waals surface area contributed by atoms with Gasteiger partial charge in [-0.3, -0.25) is 0 Å². The Balaban J connectivity index is 2.63. The van der Waals surface area contributed by atoms with Crippen molar-refractivity contribution < 1.29 is 10.2 Å². The molecule has 4 nitrogen and oxygen atoms in total. The summed E-state index contributed by atoms with van der Waals surface area (Å²) in [7, 11) is 0. The van der Waals surface area contributed by atoms with E-state index in [1.54, 1.807) is 6.20 Å². The Bertz CT molecular complexity index is 506. The van der Waals surface area contributed by atoms with E-state index in [1.807, 2.05) is 23.8 Å². The van der Waals surface area contributed by atoms with E-state index < -0.39 is 0 Å². The maximum absolute atomic E-state index is 9.18. The number of aromatic nitrogens is 2. The summed E-state index contributed by atoms with van der Waals surface area (Å²) < 4.78 is 2.74. The van der Waals surface area contributed by atoms with Gasteiger partial charge in [-0.2, -0.15) is 0 Å². The molecule has 5 heteroatoms. The van der Waals surface area contributed by atoms with E-state index in [9.17, 15) is 10.2 Å². The highest BCUT2D eigenvalue weighted by atomic mass is 79.9. The van der Waals surface area contributed by atoms with Gasteiger partial charge >= 0.3 is 0 Å². The molecule has 2 N–H and O–H groups in total. The summed E-state index contributed by atoms with van der Waals surface area (Å²) in [5.74, 6) is 0. The zero-order valence-electron chi connectivity index (χ0n) is 8.89. The third-order valence-electron chi connectivity index (χ3n) is 2.65. The van der Waals surface area contributed by atoms with Gasteiger partial charge in [-0.25, -0.2) is 4.98 Å². The smallest absolute Gasteiger partial charge is 0.140 e. The molecule has 0 unspecified atom stereocenters. The maximum atomic E-state index is 9.18. The fourth-order valence-electron chi connectivity index (χ4n) is 1.78. The van der Waals surface area contributed by atoms with Crippen molar-refractivity contribution in [2.45, 2.75) is 13.0 Å². The van der Waals surface area contributed by atoms with Crippen molar-refractivity contribution in [3.63, 3.8) is 0 Å². The Kier molecular flexibility index (Phi) is 3.28. The fraction of sp³-hybridized carbons (Fsp3) is 0.364. The van der Waals surface area contributed by atoms with Gasteiger partial charge in [0, 0.05) is 22.3 Å². The first-order chi connectivity index (χ1) is 7.67. The summed E-state index contributed by atoms with van der Waals surface area (Å²) in [6, 6.07) is 1.66. The second kappa shape index (κ2) is 4.53. The van der Waals surface area contributed by atoms with Crippen LogP contribution in [0.2, 0.25) is 0 Å². The summed E-state index contributed by atoms with van der Waals surface area (Å²) in [5, 5.41) is 19.4. The molecule has 2 rings (SSSR count). The minimum absolute atomic E-state index is 0.0997. The van der Waals surface area contributed by atoms with Gasteiger partial charge in [-0.15, -0.1) is 0 Å². The summed E-state index contributed by atoms with van der Waals surface area (Å²) in [5.41, 5.74) is 1.87. The number of nitrogens with zero attached hydrogens (tertiary/aromatic N) is 2. The van der Waals surface area contributed by atoms with Crippen LogP contribution in [0.3, 0.4) is 0 Å². The highest BCUT2D eigenvalue weighted by molar-refractivity contribution is 9.10. The molecule has 0 amide bonds. The molecule has 0 aromatic carbocycles. The van der Waals surface area contributed by atoms with E-state index in [1.165, 1.54) is 0 Å². The number of halogens is 1. The predicted molar refractivity (Wildman–Crippen MR) is 65.4 cm³/mol. The number of pyridine rings is 1. The van der Waals surface area contributed by atoms with Crippen molar-refractivity contribution in [3.8, 4) is 0 Å². The molecule has 2 aromatic heterocycles. The fourth-order valence-corrected chi connectivity index (χ4v) is 2.11. The van der Waals surface area contributed by atoms with Crippen LogP contribution in [0.1, 0.15) is 11.6 Å². The van der Waals surface area contributed by atoms with Gasteiger partial charge in [0.05, 0.1) is 19.3 Å². The van der Waals surface area contributed by atoms with Crippen LogP contribution in [-0.4, -0.2) is 33.0 Å². The van der Waals surface area contributed by atoms with Gasteiger partial charge in [-0.1, -0.05) is 0 Å². The van der Waals surface area contributed by atoms with Crippen LogP contribution in [0.5, 0.6) is 0 Å². The minimum atomic E-state index is -0.329. The Morgan fingerprint density at radius 3 is 2.75 bits per heavy atom. The van der Waals surface area contributed by atoms with E-state index in [2.05, 4.69) is 20.9 Å². The first-order valence-electron chi connectivity index (χ1n) is 5.01. The van der Waals surface area contributed by atoms with Gasteiger partial charge < -0.3 is 14.8 Å². The second-order valence-electron chi connectivity index (χ2n) is 3.76. The van der Waals surface area contributed by atoms with Crippen molar-refractivity contribution in [2.75, 3.05) is 13.2 Å². The molecule has 0 saturated carbocycles. The van der Waals surface area contributed by atoms with E-state index >= 15 is 0 Å². The van der Waals surface area contributed by atoms with Crippen molar-refractivity contribution in [2.24, 2.45) is 0 Å². The van der Waals surface area contributed by atoms with Crippen molar-refractivity contribution in [3.05, 3.63) is 28.5 Å². The first-order valence-corrected chi connectivity index (χ1v) is 5.81. The predicted octanol–water partition coefficient (Wildman–Crippen LogP) is 1.63. The zero-order valence-corrected chi connectivity index (χ0v) is 10.5. The summed E-state index contributed by atoms with van der Waals surface area (Å²) in [4.78, 5) is 4.31. The Hall–Kier alpha value is -0.910. The number of fused-ring (bicyclic) bond motifs is 1. The van der Waals surface area contributed by atoms with Crippen molar-refractivity contribution in [1.82, 2.24) is 9.55 Å². The topological polar surface area (TPSA) is 58.3 Å². The van der Waals surface area contributed by atoms with Crippen LogP contribution < -0.4 is 0 Å². The molecule has 16 heavy (non-hydrogen) atoms. The molecule has 0 aliphatic heterocycles. The summed E-state index contributed by atoms with van der Waals surface area (Å²) >= 11 is 3.38. The molecule has 0 fully saturated rings. The number of aryl methyl sites for hydroxylation is 1. The molecule has 0 bridgehead atoms. The Morgan fingerprint density at radius 2 is 2.12 bits per heavy atom. The number of aliphatic hydroxyl groups excluding tert-OH is 2. The molecule has 2 aromatic rings. The second-order valence-corrected chi connectivity index (χ2v) is 4.68.